The van der Waals surface area contributed by atoms with E-state index in [2.05, 4.69) is 0 Å². The predicted octanol–water partition coefficient (Wildman–Crippen LogP) is 1.94. The number of carbonyl (C=O) groups is 1. The highest BCUT2D eigenvalue weighted by atomic mass is 32.2. The summed E-state index contributed by atoms with van der Waals surface area (Å²) in [6, 6.07) is 6.18. The second-order valence-electron chi connectivity index (χ2n) is 7.75. The van der Waals surface area contributed by atoms with Gasteiger partial charge in [-0.15, -0.1) is 0 Å². The zero-order valence-electron chi connectivity index (χ0n) is 16.4. The van der Waals surface area contributed by atoms with Gasteiger partial charge in [-0.25, -0.2) is 8.42 Å². The maximum atomic E-state index is 12.7. The molecule has 2 fully saturated rings. The highest BCUT2D eigenvalue weighted by Gasteiger charge is 2.50. The molecule has 7 nitrogen and oxygen atoms in total. The van der Waals surface area contributed by atoms with Crippen LogP contribution in [-0.4, -0.2) is 68.7 Å². The third kappa shape index (κ3) is 3.89. The van der Waals surface area contributed by atoms with Crippen LogP contribution >= 0.6 is 0 Å². The van der Waals surface area contributed by atoms with Gasteiger partial charge < -0.3 is 14.4 Å². The standard InChI is InChI=1S/C19H28N2O5S/c1-5-21(6-2)27(23,24)16-9-7-15(8-10-16)17(22)20-11-19(12-20)13-25-18(3,4)26-14-19/h7-10H,5-6,11-14H2,1-4H3. The zero-order chi connectivity index (χ0) is 19.9. The van der Waals surface area contributed by atoms with Crippen LogP contribution in [0.3, 0.4) is 0 Å². The van der Waals surface area contributed by atoms with Crippen molar-refractivity contribution in [2.24, 2.45) is 5.41 Å². The van der Waals surface area contributed by atoms with E-state index in [-0.39, 0.29) is 16.2 Å². The van der Waals surface area contributed by atoms with Crippen LogP contribution in [0, 0.1) is 5.41 Å². The van der Waals surface area contributed by atoms with E-state index in [1.165, 1.54) is 16.4 Å². The molecule has 0 unspecified atom stereocenters. The van der Waals surface area contributed by atoms with Gasteiger partial charge in [0.05, 0.1) is 23.5 Å². The van der Waals surface area contributed by atoms with E-state index in [9.17, 15) is 13.2 Å². The fourth-order valence-corrected chi connectivity index (χ4v) is 4.95. The van der Waals surface area contributed by atoms with Gasteiger partial charge in [-0.2, -0.15) is 4.31 Å². The van der Waals surface area contributed by atoms with Crippen molar-refractivity contribution < 1.29 is 22.7 Å². The van der Waals surface area contributed by atoms with Crippen molar-refractivity contribution in [3.8, 4) is 0 Å². The van der Waals surface area contributed by atoms with Gasteiger partial charge in [-0.3, -0.25) is 4.79 Å². The Kier molecular flexibility index (Phi) is 5.37. The summed E-state index contributed by atoms with van der Waals surface area (Å²) in [5.41, 5.74) is 0.360. The molecule has 0 saturated carbocycles. The van der Waals surface area contributed by atoms with Gasteiger partial charge in [0.1, 0.15) is 0 Å². The molecule has 2 heterocycles. The molecule has 0 N–H and O–H groups in total. The summed E-state index contributed by atoms with van der Waals surface area (Å²) < 4.78 is 37.9. The monoisotopic (exact) mass is 396 g/mol. The van der Waals surface area contributed by atoms with E-state index in [1.807, 2.05) is 13.8 Å². The smallest absolute Gasteiger partial charge is 0.253 e. The summed E-state index contributed by atoms with van der Waals surface area (Å²) in [5.74, 6) is -0.667. The van der Waals surface area contributed by atoms with Crippen molar-refractivity contribution in [3.63, 3.8) is 0 Å². The molecular formula is C19H28N2O5S. The lowest BCUT2D eigenvalue weighted by atomic mass is 9.80. The quantitative estimate of drug-likeness (QED) is 0.760. The number of hydrogen-bond acceptors (Lipinski definition) is 5. The van der Waals surface area contributed by atoms with E-state index in [4.69, 9.17) is 9.47 Å². The average Bonchev–Trinajstić information content (AvgIpc) is 2.60. The van der Waals surface area contributed by atoms with Crippen LogP contribution < -0.4 is 0 Å². The minimum Gasteiger partial charge on any atom is -0.350 e. The van der Waals surface area contributed by atoms with Crippen LogP contribution in [0.15, 0.2) is 29.2 Å². The highest BCUT2D eigenvalue weighted by Crippen LogP contribution is 2.38. The molecule has 1 spiro atoms. The van der Waals surface area contributed by atoms with Crippen molar-refractivity contribution in [3.05, 3.63) is 29.8 Å². The summed E-state index contributed by atoms with van der Waals surface area (Å²) in [7, 11) is -3.51. The van der Waals surface area contributed by atoms with E-state index in [1.54, 1.807) is 30.9 Å². The topological polar surface area (TPSA) is 76.2 Å². The van der Waals surface area contributed by atoms with Crippen LogP contribution in [0.5, 0.6) is 0 Å². The molecule has 0 radical (unpaired) electrons. The summed E-state index contributed by atoms with van der Waals surface area (Å²) in [6.45, 7) is 10.5. The lowest BCUT2D eigenvalue weighted by Gasteiger charge is -2.54. The molecule has 150 valence electrons. The number of ether oxygens (including phenoxy) is 2. The Labute approximate surface area is 161 Å². The molecule has 0 aromatic heterocycles. The van der Waals surface area contributed by atoms with Gasteiger partial charge in [0, 0.05) is 31.7 Å². The molecule has 0 bridgehead atoms. The van der Waals surface area contributed by atoms with Crippen molar-refractivity contribution in [1.29, 1.82) is 0 Å². The summed E-state index contributed by atoms with van der Waals surface area (Å²) in [5, 5.41) is 0. The van der Waals surface area contributed by atoms with Gasteiger partial charge in [0.2, 0.25) is 10.0 Å². The maximum absolute atomic E-state index is 12.7. The Hall–Kier alpha value is -1.48. The Morgan fingerprint density at radius 2 is 1.59 bits per heavy atom. The fraction of sp³-hybridized carbons (Fsp3) is 0.632. The van der Waals surface area contributed by atoms with Crippen LogP contribution in [0.2, 0.25) is 0 Å². The van der Waals surface area contributed by atoms with E-state index in [0.29, 0.717) is 45.0 Å². The number of likely N-dealkylation sites (tertiary alicyclic amines) is 1. The number of hydrogen-bond donors (Lipinski definition) is 0. The minimum absolute atomic E-state index is 0.0998. The SMILES string of the molecule is CCN(CC)S(=O)(=O)c1ccc(C(=O)N2CC3(COC(C)(C)OC3)C2)cc1. The van der Waals surface area contributed by atoms with Gasteiger partial charge in [0.25, 0.3) is 5.91 Å². The highest BCUT2D eigenvalue weighted by molar-refractivity contribution is 7.89. The molecule has 0 atom stereocenters. The maximum Gasteiger partial charge on any atom is 0.253 e. The molecule has 3 rings (SSSR count). The molecule has 1 aromatic rings. The number of carbonyl (C=O) groups excluding carboxylic acids is 1. The van der Waals surface area contributed by atoms with Crippen LogP contribution in [-0.2, 0) is 19.5 Å². The molecular weight excluding hydrogens is 368 g/mol. The Morgan fingerprint density at radius 1 is 1.07 bits per heavy atom. The van der Waals surface area contributed by atoms with Gasteiger partial charge in [-0.1, -0.05) is 13.8 Å². The van der Waals surface area contributed by atoms with Gasteiger partial charge in [-0.05, 0) is 38.1 Å². The molecule has 2 saturated heterocycles. The Balaban J connectivity index is 1.64. The first-order valence-electron chi connectivity index (χ1n) is 9.30. The minimum atomic E-state index is -3.51. The second kappa shape index (κ2) is 7.16. The van der Waals surface area contributed by atoms with Gasteiger partial charge >= 0.3 is 0 Å². The molecule has 8 heteroatoms. The molecule has 0 aliphatic carbocycles. The van der Waals surface area contributed by atoms with E-state index < -0.39 is 15.8 Å². The van der Waals surface area contributed by atoms with Crippen molar-refractivity contribution in [1.82, 2.24) is 9.21 Å². The summed E-state index contributed by atoms with van der Waals surface area (Å²) in [6.07, 6.45) is 0. The Morgan fingerprint density at radius 3 is 2.07 bits per heavy atom. The van der Waals surface area contributed by atoms with E-state index in [0.717, 1.165) is 0 Å². The average molecular weight is 397 g/mol. The molecule has 2 aliphatic heterocycles. The first kappa shape index (κ1) is 20.3. The third-order valence-corrected chi connectivity index (χ3v) is 7.30. The van der Waals surface area contributed by atoms with E-state index >= 15 is 0 Å². The molecule has 27 heavy (non-hydrogen) atoms. The number of nitrogens with zero attached hydrogens (tertiary/aromatic N) is 2. The molecule has 2 aliphatic rings. The number of amides is 1. The number of benzene rings is 1. The van der Waals surface area contributed by atoms with Crippen molar-refractivity contribution >= 4 is 15.9 Å². The normalized spacial score (nSPS) is 21.3. The lowest BCUT2D eigenvalue weighted by molar-refractivity contribution is -0.301. The van der Waals surface area contributed by atoms with Crippen LogP contribution in [0.1, 0.15) is 38.1 Å². The second-order valence-corrected chi connectivity index (χ2v) is 9.69. The van der Waals surface area contributed by atoms with Gasteiger partial charge in [0.15, 0.2) is 5.79 Å². The first-order valence-corrected chi connectivity index (χ1v) is 10.7. The van der Waals surface area contributed by atoms with Crippen LogP contribution in [0.25, 0.3) is 0 Å². The van der Waals surface area contributed by atoms with Crippen molar-refractivity contribution in [2.45, 2.75) is 38.4 Å². The third-order valence-electron chi connectivity index (χ3n) is 5.24. The van der Waals surface area contributed by atoms with Crippen LogP contribution in [0.4, 0.5) is 0 Å². The summed E-state index contributed by atoms with van der Waals surface area (Å²) in [4.78, 5) is 14.6. The first-order chi connectivity index (χ1) is 12.6. The molecule has 1 aromatic carbocycles. The lowest BCUT2D eigenvalue weighted by Crippen LogP contribution is -2.65. The zero-order valence-corrected chi connectivity index (χ0v) is 17.2. The largest absolute Gasteiger partial charge is 0.350 e. The number of rotatable bonds is 5. The Bertz CT molecular complexity index is 782. The summed E-state index contributed by atoms with van der Waals surface area (Å²) >= 11 is 0. The van der Waals surface area contributed by atoms with Crippen molar-refractivity contribution in [2.75, 3.05) is 39.4 Å². The molecule has 1 amide bonds. The number of sulfonamides is 1. The fourth-order valence-electron chi connectivity index (χ4n) is 3.49. The predicted molar refractivity (Wildman–Crippen MR) is 101 cm³/mol.